The highest BCUT2D eigenvalue weighted by atomic mass is 35.5. The molecule has 1 saturated heterocycles. The van der Waals surface area contributed by atoms with Gasteiger partial charge in [0.05, 0.1) is 6.42 Å². The van der Waals surface area contributed by atoms with E-state index in [1.165, 1.54) is 0 Å². The van der Waals surface area contributed by atoms with Gasteiger partial charge in [0.2, 0.25) is 11.8 Å². The Bertz CT molecular complexity index is 741. The second kappa shape index (κ2) is 8.81. The van der Waals surface area contributed by atoms with E-state index in [2.05, 4.69) is 4.98 Å². The zero-order valence-corrected chi connectivity index (χ0v) is 15.4. The number of piperazine rings is 1. The maximum Gasteiger partial charge on any atom is 0.227 e. The second-order valence-corrected chi connectivity index (χ2v) is 6.86. The van der Waals surface area contributed by atoms with Crippen LogP contribution in [0, 0.1) is 0 Å². The molecule has 0 N–H and O–H groups in total. The maximum absolute atomic E-state index is 12.4. The smallest absolute Gasteiger partial charge is 0.227 e. The van der Waals surface area contributed by atoms with E-state index in [0.29, 0.717) is 44.0 Å². The number of aryl methyl sites for hydroxylation is 1. The third-order valence-electron chi connectivity index (χ3n) is 4.63. The molecule has 1 fully saturated rings. The minimum atomic E-state index is 0.0937. The van der Waals surface area contributed by atoms with Gasteiger partial charge in [0.15, 0.2) is 0 Å². The Balaban J connectivity index is 1.43. The van der Waals surface area contributed by atoms with Gasteiger partial charge in [0, 0.05) is 50.0 Å². The number of nitrogens with zero attached hydrogens (tertiary/aromatic N) is 3. The zero-order chi connectivity index (χ0) is 18.4. The quantitative estimate of drug-likeness (QED) is 0.811. The molecule has 2 aromatic rings. The Morgan fingerprint density at radius 3 is 2.04 bits per heavy atom. The Labute approximate surface area is 158 Å². The molecular formula is C20H22ClN3O2. The van der Waals surface area contributed by atoms with Crippen molar-refractivity contribution in [3.63, 3.8) is 0 Å². The molecule has 0 saturated carbocycles. The predicted octanol–water partition coefficient (Wildman–Crippen LogP) is 2.58. The molecule has 0 radical (unpaired) electrons. The summed E-state index contributed by atoms with van der Waals surface area (Å²) < 4.78 is 0. The van der Waals surface area contributed by atoms with Crippen molar-refractivity contribution in [2.45, 2.75) is 19.3 Å². The number of hydrogen-bond donors (Lipinski definition) is 0. The van der Waals surface area contributed by atoms with Gasteiger partial charge in [0.25, 0.3) is 0 Å². The minimum Gasteiger partial charge on any atom is -0.339 e. The molecule has 136 valence electrons. The Hall–Kier alpha value is -2.40. The molecule has 0 atom stereocenters. The lowest BCUT2D eigenvalue weighted by atomic mass is 10.1. The molecule has 5 nitrogen and oxygen atoms in total. The van der Waals surface area contributed by atoms with Crippen LogP contribution in [0.5, 0.6) is 0 Å². The second-order valence-electron chi connectivity index (χ2n) is 6.42. The third kappa shape index (κ3) is 5.05. The number of pyridine rings is 1. The molecule has 6 heteroatoms. The monoisotopic (exact) mass is 371 g/mol. The molecule has 1 aromatic carbocycles. The van der Waals surface area contributed by atoms with E-state index < -0.39 is 0 Å². The van der Waals surface area contributed by atoms with Crippen molar-refractivity contribution in [3.05, 3.63) is 64.9 Å². The molecule has 0 bridgehead atoms. The third-order valence-corrected chi connectivity index (χ3v) is 4.88. The van der Waals surface area contributed by atoms with Crippen molar-refractivity contribution in [1.29, 1.82) is 0 Å². The topological polar surface area (TPSA) is 53.5 Å². The fourth-order valence-corrected chi connectivity index (χ4v) is 3.18. The summed E-state index contributed by atoms with van der Waals surface area (Å²) in [7, 11) is 0. The summed E-state index contributed by atoms with van der Waals surface area (Å²) in [6.45, 7) is 2.38. The van der Waals surface area contributed by atoms with Crippen molar-refractivity contribution < 1.29 is 9.59 Å². The maximum atomic E-state index is 12.4. The number of carbonyl (C=O) groups excluding carboxylic acids is 2. The largest absolute Gasteiger partial charge is 0.339 e. The van der Waals surface area contributed by atoms with Gasteiger partial charge in [-0.1, -0.05) is 23.7 Å². The SMILES string of the molecule is O=C(CCc1ccncc1)N1CCN(C(=O)Cc2ccc(Cl)cc2)CC1. The molecule has 2 heterocycles. The van der Waals surface area contributed by atoms with E-state index in [-0.39, 0.29) is 11.8 Å². The number of benzene rings is 1. The van der Waals surface area contributed by atoms with Crippen molar-refractivity contribution in [2.75, 3.05) is 26.2 Å². The highest BCUT2D eigenvalue weighted by Crippen LogP contribution is 2.12. The molecular weight excluding hydrogens is 350 g/mol. The Morgan fingerprint density at radius 2 is 1.42 bits per heavy atom. The highest BCUT2D eigenvalue weighted by Gasteiger charge is 2.23. The number of aromatic nitrogens is 1. The van der Waals surface area contributed by atoms with Crippen LogP contribution in [0.3, 0.4) is 0 Å². The van der Waals surface area contributed by atoms with Crippen LogP contribution in [-0.2, 0) is 22.4 Å². The standard InChI is InChI=1S/C20H22ClN3O2/c21-18-4-1-17(2-5-18)15-20(26)24-13-11-23(12-14-24)19(25)6-3-16-7-9-22-10-8-16/h1-2,4-5,7-10H,3,6,11-15H2. The minimum absolute atomic E-state index is 0.0937. The summed E-state index contributed by atoms with van der Waals surface area (Å²) in [6.07, 6.45) is 5.06. The molecule has 0 unspecified atom stereocenters. The number of carbonyl (C=O) groups is 2. The molecule has 1 aromatic heterocycles. The van der Waals surface area contributed by atoms with Gasteiger partial charge in [-0.25, -0.2) is 0 Å². The van der Waals surface area contributed by atoms with Gasteiger partial charge in [0.1, 0.15) is 0 Å². The van der Waals surface area contributed by atoms with Gasteiger partial charge in [-0.05, 0) is 41.8 Å². The summed E-state index contributed by atoms with van der Waals surface area (Å²) in [5.74, 6) is 0.239. The van der Waals surface area contributed by atoms with Gasteiger partial charge in [-0.15, -0.1) is 0 Å². The first-order valence-corrected chi connectivity index (χ1v) is 9.18. The first kappa shape index (κ1) is 18.4. The first-order chi connectivity index (χ1) is 12.6. The summed E-state index contributed by atoms with van der Waals surface area (Å²) in [4.78, 5) is 32.5. The van der Waals surface area contributed by atoms with E-state index in [9.17, 15) is 9.59 Å². The van der Waals surface area contributed by atoms with Crippen molar-refractivity contribution in [2.24, 2.45) is 0 Å². The van der Waals surface area contributed by atoms with Gasteiger partial charge in [-0.3, -0.25) is 14.6 Å². The van der Waals surface area contributed by atoms with Crippen LogP contribution in [0.4, 0.5) is 0 Å². The fraction of sp³-hybridized carbons (Fsp3) is 0.350. The zero-order valence-electron chi connectivity index (χ0n) is 14.6. The lowest BCUT2D eigenvalue weighted by molar-refractivity contribution is -0.139. The lowest BCUT2D eigenvalue weighted by Gasteiger charge is -2.35. The Kier molecular flexibility index (Phi) is 6.23. The van der Waals surface area contributed by atoms with Crippen LogP contribution in [0.2, 0.25) is 5.02 Å². The number of hydrogen-bond acceptors (Lipinski definition) is 3. The average molecular weight is 372 g/mol. The summed E-state index contributed by atoms with van der Waals surface area (Å²) in [5.41, 5.74) is 2.07. The van der Waals surface area contributed by atoms with Crippen LogP contribution in [0.15, 0.2) is 48.8 Å². The van der Waals surface area contributed by atoms with Crippen LogP contribution in [-0.4, -0.2) is 52.8 Å². The molecule has 1 aliphatic heterocycles. The average Bonchev–Trinajstić information content (AvgIpc) is 2.69. The van der Waals surface area contributed by atoms with Crippen LogP contribution < -0.4 is 0 Å². The van der Waals surface area contributed by atoms with Crippen molar-refractivity contribution in [1.82, 2.24) is 14.8 Å². The van der Waals surface area contributed by atoms with E-state index in [1.54, 1.807) is 24.5 Å². The van der Waals surface area contributed by atoms with Gasteiger partial charge < -0.3 is 9.80 Å². The van der Waals surface area contributed by atoms with E-state index in [4.69, 9.17) is 11.6 Å². The molecule has 0 aliphatic carbocycles. The van der Waals surface area contributed by atoms with Crippen LogP contribution >= 0.6 is 11.6 Å². The normalized spacial score (nSPS) is 14.3. The Morgan fingerprint density at radius 1 is 0.846 bits per heavy atom. The molecule has 3 rings (SSSR count). The van der Waals surface area contributed by atoms with Crippen molar-refractivity contribution in [3.8, 4) is 0 Å². The summed E-state index contributed by atoms with van der Waals surface area (Å²) >= 11 is 5.87. The lowest BCUT2D eigenvalue weighted by Crippen LogP contribution is -2.51. The van der Waals surface area contributed by atoms with Gasteiger partial charge in [-0.2, -0.15) is 0 Å². The highest BCUT2D eigenvalue weighted by molar-refractivity contribution is 6.30. The predicted molar refractivity (Wildman–Crippen MR) is 101 cm³/mol. The fourth-order valence-electron chi connectivity index (χ4n) is 3.05. The van der Waals surface area contributed by atoms with Crippen molar-refractivity contribution >= 4 is 23.4 Å². The van der Waals surface area contributed by atoms with E-state index in [0.717, 1.165) is 17.5 Å². The molecule has 0 spiro atoms. The summed E-state index contributed by atoms with van der Waals surface area (Å²) in [6, 6.07) is 11.2. The van der Waals surface area contributed by atoms with Gasteiger partial charge >= 0.3 is 0 Å². The van der Waals surface area contributed by atoms with E-state index >= 15 is 0 Å². The molecule has 1 aliphatic rings. The number of rotatable bonds is 5. The van der Waals surface area contributed by atoms with E-state index in [1.807, 2.05) is 34.1 Å². The molecule has 2 amide bonds. The van der Waals surface area contributed by atoms with Crippen LogP contribution in [0.1, 0.15) is 17.5 Å². The van der Waals surface area contributed by atoms with Crippen LogP contribution in [0.25, 0.3) is 0 Å². The number of amides is 2. The first-order valence-electron chi connectivity index (χ1n) is 8.81. The molecule has 26 heavy (non-hydrogen) atoms. The number of halogens is 1. The summed E-state index contributed by atoms with van der Waals surface area (Å²) in [5, 5.41) is 0.667.